The summed E-state index contributed by atoms with van der Waals surface area (Å²) in [5.74, 6) is 7.33. The van der Waals surface area contributed by atoms with Gasteiger partial charge in [0, 0.05) is 31.7 Å². The van der Waals surface area contributed by atoms with Crippen LogP contribution in [0.4, 0.5) is 5.82 Å². The Bertz CT molecular complexity index is 653. The van der Waals surface area contributed by atoms with Crippen LogP contribution >= 0.6 is 11.6 Å². The molecule has 0 radical (unpaired) electrons. The number of aromatic nitrogens is 2. The third kappa shape index (κ3) is 3.97. The van der Waals surface area contributed by atoms with E-state index < -0.39 is 0 Å². The van der Waals surface area contributed by atoms with Gasteiger partial charge in [0.1, 0.15) is 0 Å². The van der Waals surface area contributed by atoms with Crippen LogP contribution in [0.2, 0.25) is 5.15 Å². The van der Waals surface area contributed by atoms with Crippen molar-refractivity contribution in [3.63, 3.8) is 0 Å². The van der Waals surface area contributed by atoms with Gasteiger partial charge in [-0.05, 0) is 24.3 Å². The van der Waals surface area contributed by atoms with Crippen LogP contribution < -0.4 is 4.90 Å². The highest BCUT2D eigenvalue weighted by Crippen LogP contribution is 2.14. The minimum Gasteiger partial charge on any atom is -0.353 e. The van der Waals surface area contributed by atoms with Crippen molar-refractivity contribution >= 4 is 17.4 Å². The molecule has 2 aromatic rings. The Labute approximate surface area is 135 Å². The highest BCUT2D eigenvalue weighted by molar-refractivity contribution is 6.29. The predicted molar refractivity (Wildman–Crippen MR) is 89.0 cm³/mol. The molecule has 0 saturated carbocycles. The maximum absolute atomic E-state index is 5.77. The number of anilines is 1. The molecule has 0 bridgehead atoms. The average Bonchev–Trinajstić information content (AvgIpc) is 2.57. The number of piperazine rings is 1. The third-order valence-corrected chi connectivity index (χ3v) is 3.82. The van der Waals surface area contributed by atoms with Crippen LogP contribution in [-0.4, -0.2) is 47.8 Å². The van der Waals surface area contributed by atoms with E-state index in [1.165, 1.54) is 0 Å². The fourth-order valence-electron chi connectivity index (χ4n) is 2.39. The second-order valence-electron chi connectivity index (χ2n) is 5.15. The van der Waals surface area contributed by atoms with Gasteiger partial charge in [-0.1, -0.05) is 41.6 Å². The Balaban J connectivity index is 1.50. The first-order valence-electron chi connectivity index (χ1n) is 7.32. The SMILES string of the molecule is Clc1ccc(N2CCN(CC#Cc3ccccc3)CC2)nn1. The molecule has 1 aliphatic rings. The number of hydrogen-bond acceptors (Lipinski definition) is 4. The van der Waals surface area contributed by atoms with Crippen LogP contribution in [-0.2, 0) is 0 Å². The van der Waals surface area contributed by atoms with E-state index in [2.05, 4.69) is 31.8 Å². The first-order chi connectivity index (χ1) is 10.8. The van der Waals surface area contributed by atoms with Crippen molar-refractivity contribution in [2.45, 2.75) is 0 Å². The van der Waals surface area contributed by atoms with Crippen LogP contribution in [0.1, 0.15) is 5.56 Å². The second-order valence-corrected chi connectivity index (χ2v) is 5.53. The van der Waals surface area contributed by atoms with Gasteiger partial charge in [-0.25, -0.2) is 0 Å². The molecule has 1 aliphatic heterocycles. The molecule has 1 fully saturated rings. The lowest BCUT2D eigenvalue weighted by Crippen LogP contribution is -2.46. The van der Waals surface area contributed by atoms with Crippen LogP contribution in [0.15, 0.2) is 42.5 Å². The van der Waals surface area contributed by atoms with E-state index in [4.69, 9.17) is 11.6 Å². The largest absolute Gasteiger partial charge is 0.353 e. The van der Waals surface area contributed by atoms with Crippen molar-refractivity contribution in [3.05, 3.63) is 53.2 Å². The average molecular weight is 313 g/mol. The van der Waals surface area contributed by atoms with Crippen LogP contribution in [0.25, 0.3) is 0 Å². The van der Waals surface area contributed by atoms with Crippen molar-refractivity contribution in [1.82, 2.24) is 15.1 Å². The lowest BCUT2D eigenvalue weighted by molar-refractivity contribution is 0.287. The molecule has 5 heteroatoms. The van der Waals surface area contributed by atoms with Gasteiger partial charge in [0.05, 0.1) is 6.54 Å². The van der Waals surface area contributed by atoms with Gasteiger partial charge in [0.25, 0.3) is 0 Å². The fourth-order valence-corrected chi connectivity index (χ4v) is 2.49. The third-order valence-electron chi connectivity index (χ3n) is 3.62. The summed E-state index contributed by atoms with van der Waals surface area (Å²) in [6.07, 6.45) is 0. The van der Waals surface area contributed by atoms with Crippen LogP contribution in [0, 0.1) is 11.8 Å². The smallest absolute Gasteiger partial charge is 0.151 e. The Morgan fingerprint density at radius 3 is 2.41 bits per heavy atom. The molecule has 0 N–H and O–H groups in total. The monoisotopic (exact) mass is 312 g/mol. The topological polar surface area (TPSA) is 32.3 Å². The van der Waals surface area contributed by atoms with Gasteiger partial charge in [-0.2, -0.15) is 0 Å². The molecule has 3 rings (SSSR count). The highest BCUT2D eigenvalue weighted by Gasteiger charge is 2.17. The molecule has 0 amide bonds. The van der Waals surface area contributed by atoms with Gasteiger partial charge in [0.2, 0.25) is 0 Å². The molecule has 0 unspecified atom stereocenters. The number of benzene rings is 1. The summed E-state index contributed by atoms with van der Waals surface area (Å²) in [5.41, 5.74) is 1.07. The fraction of sp³-hybridized carbons (Fsp3) is 0.294. The van der Waals surface area contributed by atoms with E-state index in [-0.39, 0.29) is 0 Å². The lowest BCUT2D eigenvalue weighted by Gasteiger charge is -2.34. The van der Waals surface area contributed by atoms with Gasteiger partial charge in [-0.3, -0.25) is 4.90 Å². The van der Waals surface area contributed by atoms with E-state index in [0.29, 0.717) is 5.15 Å². The van der Waals surface area contributed by atoms with Crippen molar-refractivity contribution in [2.24, 2.45) is 0 Å². The van der Waals surface area contributed by atoms with E-state index in [1.807, 2.05) is 36.4 Å². The zero-order chi connectivity index (χ0) is 15.2. The summed E-state index contributed by atoms with van der Waals surface area (Å²) in [4.78, 5) is 4.58. The maximum atomic E-state index is 5.77. The summed E-state index contributed by atoms with van der Waals surface area (Å²) >= 11 is 5.77. The first-order valence-corrected chi connectivity index (χ1v) is 7.69. The van der Waals surface area contributed by atoms with Crippen molar-refractivity contribution < 1.29 is 0 Å². The van der Waals surface area contributed by atoms with Crippen LogP contribution in [0.3, 0.4) is 0 Å². The molecule has 1 aromatic heterocycles. The van der Waals surface area contributed by atoms with Crippen molar-refractivity contribution in [3.8, 4) is 11.8 Å². The quantitative estimate of drug-likeness (QED) is 0.797. The molecule has 112 valence electrons. The van der Waals surface area contributed by atoms with E-state index in [0.717, 1.165) is 44.1 Å². The maximum Gasteiger partial charge on any atom is 0.151 e. The highest BCUT2D eigenvalue weighted by atomic mass is 35.5. The first kappa shape index (κ1) is 14.8. The number of hydrogen-bond donors (Lipinski definition) is 0. The molecule has 1 aromatic carbocycles. The molecule has 1 saturated heterocycles. The molecular weight excluding hydrogens is 296 g/mol. The molecule has 0 aliphatic carbocycles. The predicted octanol–water partition coefficient (Wildman–Crippen LogP) is 2.30. The minimum atomic E-state index is 0.429. The zero-order valence-corrected chi connectivity index (χ0v) is 13.0. The van der Waals surface area contributed by atoms with E-state index in [9.17, 15) is 0 Å². The van der Waals surface area contributed by atoms with E-state index >= 15 is 0 Å². The van der Waals surface area contributed by atoms with Gasteiger partial charge >= 0.3 is 0 Å². The summed E-state index contributed by atoms with van der Waals surface area (Å²) in [6, 6.07) is 13.8. The Morgan fingerprint density at radius 1 is 0.955 bits per heavy atom. The number of halogens is 1. The van der Waals surface area contributed by atoms with Gasteiger partial charge in [0.15, 0.2) is 11.0 Å². The summed E-state index contributed by atoms with van der Waals surface area (Å²) < 4.78 is 0. The molecule has 4 nitrogen and oxygen atoms in total. The van der Waals surface area contributed by atoms with Crippen molar-refractivity contribution in [1.29, 1.82) is 0 Å². The van der Waals surface area contributed by atoms with Crippen LogP contribution in [0.5, 0.6) is 0 Å². The Kier molecular flexibility index (Phi) is 4.89. The second kappa shape index (κ2) is 7.26. The number of rotatable bonds is 2. The Morgan fingerprint density at radius 2 is 1.73 bits per heavy atom. The van der Waals surface area contributed by atoms with Gasteiger partial charge < -0.3 is 4.90 Å². The molecule has 0 atom stereocenters. The zero-order valence-electron chi connectivity index (χ0n) is 12.2. The van der Waals surface area contributed by atoms with Gasteiger partial charge in [-0.15, -0.1) is 10.2 Å². The summed E-state index contributed by atoms with van der Waals surface area (Å²) in [7, 11) is 0. The molecule has 0 spiro atoms. The standard InChI is InChI=1S/C17H17ClN4/c18-16-8-9-17(20-19-16)22-13-11-21(12-14-22)10-4-7-15-5-2-1-3-6-15/h1-3,5-6,8-9H,10-14H2. The molecule has 2 heterocycles. The minimum absolute atomic E-state index is 0.429. The molecule has 22 heavy (non-hydrogen) atoms. The van der Waals surface area contributed by atoms with Crippen molar-refractivity contribution in [2.75, 3.05) is 37.6 Å². The Hall–Kier alpha value is -2.09. The normalized spacial score (nSPS) is 15.2. The lowest BCUT2D eigenvalue weighted by atomic mass is 10.2. The number of nitrogens with zero attached hydrogens (tertiary/aromatic N) is 4. The summed E-state index contributed by atoms with van der Waals surface area (Å²) in [6.45, 7) is 4.63. The van der Waals surface area contributed by atoms with E-state index in [1.54, 1.807) is 6.07 Å². The molecular formula is C17H17ClN4. The summed E-state index contributed by atoms with van der Waals surface area (Å²) in [5, 5.41) is 8.45.